The summed E-state index contributed by atoms with van der Waals surface area (Å²) in [6, 6.07) is 9.17. The SMILES string of the molecule is CC(C(=O)C(C#N)c1ccccc1Cl)C1CC1. The molecule has 1 aliphatic carbocycles. The van der Waals surface area contributed by atoms with Gasteiger partial charge in [0, 0.05) is 10.9 Å². The molecule has 0 aromatic heterocycles. The second-order valence-corrected chi connectivity index (χ2v) is 5.02. The molecule has 0 amide bonds. The van der Waals surface area contributed by atoms with E-state index in [9.17, 15) is 10.1 Å². The Morgan fingerprint density at radius 3 is 2.65 bits per heavy atom. The molecule has 0 heterocycles. The number of benzene rings is 1. The molecule has 2 rings (SSSR count). The molecule has 0 bridgehead atoms. The monoisotopic (exact) mass is 247 g/mol. The maximum atomic E-state index is 12.2. The smallest absolute Gasteiger partial charge is 0.157 e. The highest BCUT2D eigenvalue weighted by Gasteiger charge is 2.36. The lowest BCUT2D eigenvalue weighted by molar-refractivity contribution is -0.123. The topological polar surface area (TPSA) is 40.9 Å². The van der Waals surface area contributed by atoms with Crippen molar-refractivity contribution >= 4 is 17.4 Å². The van der Waals surface area contributed by atoms with Crippen molar-refractivity contribution in [3.63, 3.8) is 0 Å². The highest BCUT2D eigenvalue weighted by molar-refractivity contribution is 6.31. The van der Waals surface area contributed by atoms with Crippen molar-refractivity contribution in [3.8, 4) is 6.07 Å². The third-order valence-corrected chi connectivity index (χ3v) is 3.75. The first-order valence-corrected chi connectivity index (χ1v) is 6.20. The number of ketones is 1. The van der Waals surface area contributed by atoms with Gasteiger partial charge in [-0.25, -0.2) is 0 Å². The van der Waals surface area contributed by atoms with Crippen LogP contribution in [0.1, 0.15) is 31.2 Å². The first-order chi connectivity index (χ1) is 8.15. The predicted octanol–water partition coefficient (Wildman–Crippen LogP) is 3.56. The molecule has 0 saturated heterocycles. The third-order valence-electron chi connectivity index (χ3n) is 3.41. The molecular formula is C14H14ClNO. The van der Waals surface area contributed by atoms with E-state index in [1.165, 1.54) is 0 Å². The van der Waals surface area contributed by atoms with Crippen molar-refractivity contribution in [2.75, 3.05) is 0 Å². The van der Waals surface area contributed by atoms with Crippen LogP contribution in [-0.4, -0.2) is 5.78 Å². The Balaban J connectivity index is 2.25. The fraction of sp³-hybridized carbons (Fsp3) is 0.429. The van der Waals surface area contributed by atoms with Crippen molar-refractivity contribution in [1.29, 1.82) is 5.26 Å². The van der Waals surface area contributed by atoms with Crippen LogP contribution in [0.5, 0.6) is 0 Å². The normalized spacial score (nSPS) is 18.2. The quantitative estimate of drug-likeness (QED) is 0.816. The van der Waals surface area contributed by atoms with Crippen LogP contribution in [0.4, 0.5) is 0 Å². The van der Waals surface area contributed by atoms with E-state index in [4.69, 9.17) is 11.6 Å². The number of carbonyl (C=O) groups is 1. The number of halogens is 1. The van der Waals surface area contributed by atoms with Gasteiger partial charge in [0.1, 0.15) is 5.92 Å². The van der Waals surface area contributed by atoms with E-state index in [1.807, 2.05) is 6.92 Å². The summed E-state index contributed by atoms with van der Waals surface area (Å²) in [5.74, 6) is -0.279. The van der Waals surface area contributed by atoms with Crippen LogP contribution in [0.3, 0.4) is 0 Å². The van der Waals surface area contributed by atoms with Gasteiger partial charge in [0.05, 0.1) is 6.07 Å². The molecule has 88 valence electrons. The van der Waals surface area contributed by atoms with Crippen molar-refractivity contribution in [3.05, 3.63) is 34.9 Å². The maximum Gasteiger partial charge on any atom is 0.157 e. The fourth-order valence-electron chi connectivity index (χ4n) is 2.09. The van der Waals surface area contributed by atoms with E-state index in [0.29, 0.717) is 16.5 Å². The number of rotatable bonds is 4. The average molecular weight is 248 g/mol. The van der Waals surface area contributed by atoms with Gasteiger partial charge in [0.15, 0.2) is 5.78 Å². The Labute approximate surface area is 106 Å². The van der Waals surface area contributed by atoms with E-state index < -0.39 is 5.92 Å². The standard InChI is InChI=1S/C14H14ClNO/c1-9(10-6-7-10)14(17)12(8-16)11-4-2-3-5-13(11)15/h2-5,9-10,12H,6-7H2,1H3. The van der Waals surface area contributed by atoms with Crippen molar-refractivity contribution in [2.24, 2.45) is 11.8 Å². The molecule has 1 aromatic rings. The van der Waals surface area contributed by atoms with Crippen LogP contribution in [0.25, 0.3) is 0 Å². The van der Waals surface area contributed by atoms with Crippen LogP contribution in [0, 0.1) is 23.2 Å². The Hall–Kier alpha value is -1.33. The lowest BCUT2D eigenvalue weighted by atomic mass is 9.87. The van der Waals surface area contributed by atoms with Crippen LogP contribution >= 0.6 is 11.6 Å². The maximum absolute atomic E-state index is 12.2. The van der Waals surface area contributed by atoms with Gasteiger partial charge < -0.3 is 0 Å². The Bertz CT molecular complexity index is 473. The van der Waals surface area contributed by atoms with Crippen molar-refractivity contribution in [2.45, 2.75) is 25.7 Å². The van der Waals surface area contributed by atoms with Crippen LogP contribution < -0.4 is 0 Å². The molecule has 1 aliphatic rings. The number of carbonyl (C=O) groups excluding carboxylic acids is 1. The summed E-state index contributed by atoms with van der Waals surface area (Å²) in [5, 5.41) is 9.69. The van der Waals surface area contributed by atoms with Gasteiger partial charge in [-0.2, -0.15) is 5.26 Å². The molecule has 0 N–H and O–H groups in total. The summed E-state index contributed by atoms with van der Waals surface area (Å²) < 4.78 is 0. The van der Waals surface area contributed by atoms with Crippen molar-refractivity contribution in [1.82, 2.24) is 0 Å². The zero-order chi connectivity index (χ0) is 12.4. The average Bonchev–Trinajstić information content (AvgIpc) is 3.15. The van der Waals surface area contributed by atoms with Gasteiger partial charge in [0.2, 0.25) is 0 Å². The first kappa shape index (κ1) is 12.1. The second-order valence-electron chi connectivity index (χ2n) is 4.61. The highest BCUT2D eigenvalue weighted by atomic mass is 35.5. The van der Waals surface area contributed by atoms with E-state index in [2.05, 4.69) is 6.07 Å². The molecule has 1 saturated carbocycles. The van der Waals surface area contributed by atoms with E-state index in [1.54, 1.807) is 24.3 Å². The summed E-state index contributed by atoms with van der Waals surface area (Å²) in [7, 11) is 0. The summed E-state index contributed by atoms with van der Waals surface area (Å²) in [6.07, 6.45) is 2.21. The molecule has 2 unspecified atom stereocenters. The van der Waals surface area contributed by atoms with Gasteiger partial charge >= 0.3 is 0 Å². The fourth-order valence-corrected chi connectivity index (χ4v) is 2.33. The largest absolute Gasteiger partial charge is 0.298 e. The molecule has 0 aliphatic heterocycles. The lowest BCUT2D eigenvalue weighted by Gasteiger charge is -2.15. The molecule has 0 spiro atoms. The van der Waals surface area contributed by atoms with E-state index in [0.717, 1.165) is 12.8 Å². The summed E-state index contributed by atoms with van der Waals surface area (Å²) in [5.41, 5.74) is 0.633. The second kappa shape index (κ2) is 4.89. The van der Waals surface area contributed by atoms with E-state index in [-0.39, 0.29) is 11.7 Å². The summed E-state index contributed by atoms with van der Waals surface area (Å²) >= 11 is 6.04. The number of hydrogen-bond donors (Lipinski definition) is 0. The number of nitriles is 1. The van der Waals surface area contributed by atoms with Gasteiger partial charge in [-0.1, -0.05) is 36.7 Å². The van der Waals surface area contributed by atoms with E-state index >= 15 is 0 Å². The molecule has 2 nitrogen and oxygen atoms in total. The minimum Gasteiger partial charge on any atom is -0.298 e. The highest BCUT2D eigenvalue weighted by Crippen LogP contribution is 2.39. The van der Waals surface area contributed by atoms with Crippen LogP contribution in [0.15, 0.2) is 24.3 Å². The minimum atomic E-state index is -0.723. The van der Waals surface area contributed by atoms with Crippen molar-refractivity contribution < 1.29 is 4.79 Å². The zero-order valence-electron chi connectivity index (χ0n) is 9.69. The number of Topliss-reactive ketones (excluding diaryl/α,β-unsaturated/α-hetero) is 1. The molecule has 0 radical (unpaired) electrons. The Morgan fingerprint density at radius 2 is 2.12 bits per heavy atom. The Morgan fingerprint density at radius 1 is 1.47 bits per heavy atom. The zero-order valence-corrected chi connectivity index (χ0v) is 10.4. The van der Waals surface area contributed by atoms with Crippen LogP contribution in [-0.2, 0) is 4.79 Å². The molecule has 2 atom stereocenters. The third kappa shape index (κ3) is 2.50. The molecular weight excluding hydrogens is 234 g/mol. The first-order valence-electron chi connectivity index (χ1n) is 5.83. The van der Waals surface area contributed by atoms with Gasteiger partial charge in [-0.3, -0.25) is 4.79 Å². The summed E-state index contributed by atoms with van der Waals surface area (Å²) in [4.78, 5) is 12.2. The van der Waals surface area contributed by atoms with Gasteiger partial charge in [-0.05, 0) is 30.4 Å². The number of nitrogens with zero attached hydrogens (tertiary/aromatic N) is 1. The predicted molar refractivity (Wildman–Crippen MR) is 66.7 cm³/mol. The Kier molecular flexibility index (Phi) is 3.49. The van der Waals surface area contributed by atoms with Crippen LogP contribution in [0.2, 0.25) is 5.02 Å². The number of hydrogen-bond acceptors (Lipinski definition) is 2. The molecule has 3 heteroatoms. The lowest BCUT2D eigenvalue weighted by Crippen LogP contribution is -2.20. The minimum absolute atomic E-state index is 0.00287. The van der Waals surface area contributed by atoms with Gasteiger partial charge in [-0.15, -0.1) is 0 Å². The molecule has 1 fully saturated rings. The van der Waals surface area contributed by atoms with Gasteiger partial charge in [0.25, 0.3) is 0 Å². The molecule has 1 aromatic carbocycles. The summed E-state index contributed by atoms with van der Waals surface area (Å²) in [6.45, 7) is 1.92. The molecule has 17 heavy (non-hydrogen) atoms.